The summed E-state index contributed by atoms with van der Waals surface area (Å²) in [5.74, 6) is 1.70. The van der Waals surface area contributed by atoms with E-state index in [4.69, 9.17) is 4.74 Å². The Hall–Kier alpha value is -1.40. The highest BCUT2D eigenvalue weighted by Crippen LogP contribution is 2.37. The molecule has 0 radical (unpaired) electrons. The fourth-order valence-corrected chi connectivity index (χ4v) is 6.72. The number of thiophene rings is 1. The van der Waals surface area contributed by atoms with E-state index >= 15 is 0 Å². The number of nitrogens with zero attached hydrogens (tertiary/aromatic N) is 2. The van der Waals surface area contributed by atoms with Crippen LogP contribution in [0.2, 0.25) is 0 Å². The van der Waals surface area contributed by atoms with Gasteiger partial charge in [0.2, 0.25) is 5.91 Å². The molecule has 0 N–H and O–H groups in total. The maximum absolute atomic E-state index is 13.3. The first-order valence-corrected chi connectivity index (χ1v) is 13.7. The minimum Gasteiger partial charge on any atom is -0.385 e. The third-order valence-corrected chi connectivity index (χ3v) is 8.46. The van der Waals surface area contributed by atoms with Gasteiger partial charge in [-0.05, 0) is 62.8 Å². The number of methoxy groups -OCH3 is 1. The van der Waals surface area contributed by atoms with Gasteiger partial charge in [-0.15, -0.1) is 11.3 Å². The van der Waals surface area contributed by atoms with Crippen LogP contribution in [0, 0.1) is 5.92 Å². The maximum Gasteiger partial charge on any atom is 0.254 e. The summed E-state index contributed by atoms with van der Waals surface area (Å²) in [5.41, 5.74) is 0.888. The summed E-state index contributed by atoms with van der Waals surface area (Å²) in [7, 11) is 1.68. The van der Waals surface area contributed by atoms with Crippen LogP contribution in [-0.2, 0) is 9.53 Å². The molecule has 2 amide bonds. The van der Waals surface area contributed by atoms with Crippen LogP contribution < -0.4 is 0 Å². The number of amides is 2. The van der Waals surface area contributed by atoms with Gasteiger partial charge in [0.15, 0.2) is 0 Å². The predicted molar refractivity (Wildman–Crippen MR) is 131 cm³/mol. The molecule has 3 fully saturated rings. The average molecular weight is 463 g/mol. The van der Waals surface area contributed by atoms with Gasteiger partial charge in [-0.25, -0.2) is 0 Å². The van der Waals surface area contributed by atoms with E-state index in [-0.39, 0.29) is 11.8 Å². The zero-order chi connectivity index (χ0) is 22.9. The van der Waals surface area contributed by atoms with Gasteiger partial charge in [0, 0.05) is 56.1 Å². The van der Waals surface area contributed by atoms with E-state index in [1.165, 1.54) is 37.0 Å². The molecule has 0 bridgehead atoms. The first kappa shape index (κ1) is 25.2. The van der Waals surface area contributed by atoms with Gasteiger partial charge in [0.05, 0.1) is 5.56 Å². The first-order valence-electron chi connectivity index (χ1n) is 12.8. The fourth-order valence-electron chi connectivity index (χ4n) is 5.66. The molecule has 1 saturated carbocycles. The van der Waals surface area contributed by atoms with Crippen LogP contribution in [0.15, 0.2) is 11.4 Å². The third kappa shape index (κ3) is 6.13. The Balaban J connectivity index is 0.00000141. The number of hydrogen-bond donors (Lipinski definition) is 0. The summed E-state index contributed by atoms with van der Waals surface area (Å²) in [6, 6.07) is 2.62. The van der Waals surface area contributed by atoms with E-state index in [2.05, 4.69) is 16.3 Å². The Kier molecular flexibility index (Phi) is 10.0. The van der Waals surface area contributed by atoms with Crippen molar-refractivity contribution in [2.45, 2.75) is 90.0 Å². The van der Waals surface area contributed by atoms with Crippen molar-refractivity contribution in [1.82, 2.24) is 9.80 Å². The van der Waals surface area contributed by atoms with Gasteiger partial charge in [-0.3, -0.25) is 9.59 Å². The lowest BCUT2D eigenvalue weighted by molar-refractivity contribution is -0.132. The molecular formula is C26H42N2O3S. The van der Waals surface area contributed by atoms with Crippen LogP contribution >= 0.6 is 11.3 Å². The van der Waals surface area contributed by atoms with Crippen molar-refractivity contribution in [2.75, 3.05) is 33.4 Å². The topological polar surface area (TPSA) is 49.9 Å². The normalized spacial score (nSPS) is 23.8. The van der Waals surface area contributed by atoms with Crippen molar-refractivity contribution in [3.63, 3.8) is 0 Å². The van der Waals surface area contributed by atoms with Crippen molar-refractivity contribution >= 4 is 23.2 Å². The van der Waals surface area contributed by atoms with Crippen molar-refractivity contribution in [1.29, 1.82) is 0 Å². The minimum absolute atomic E-state index is 0.250. The van der Waals surface area contributed by atoms with Crippen LogP contribution in [0.5, 0.6) is 0 Å². The van der Waals surface area contributed by atoms with Gasteiger partial charge >= 0.3 is 0 Å². The second-order valence-corrected chi connectivity index (χ2v) is 10.2. The molecule has 1 aromatic heterocycles. The summed E-state index contributed by atoms with van der Waals surface area (Å²) in [4.78, 5) is 31.1. The van der Waals surface area contributed by atoms with Crippen molar-refractivity contribution in [3.8, 4) is 0 Å². The molecule has 0 aromatic carbocycles. The van der Waals surface area contributed by atoms with E-state index in [0.717, 1.165) is 56.8 Å². The highest BCUT2D eigenvalue weighted by Gasteiger charge is 2.36. The van der Waals surface area contributed by atoms with Gasteiger partial charge < -0.3 is 14.5 Å². The Morgan fingerprint density at radius 3 is 2.50 bits per heavy atom. The third-order valence-electron chi connectivity index (χ3n) is 7.36. The molecule has 2 unspecified atom stereocenters. The van der Waals surface area contributed by atoms with Crippen LogP contribution in [0.3, 0.4) is 0 Å². The monoisotopic (exact) mass is 462 g/mol. The molecule has 2 aliphatic heterocycles. The Morgan fingerprint density at radius 1 is 1.03 bits per heavy atom. The number of carbonyl (C=O) groups is 2. The number of hydrogen-bond acceptors (Lipinski definition) is 4. The second-order valence-electron chi connectivity index (χ2n) is 9.24. The van der Waals surface area contributed by atoms with Crippen LogP contribution in [-0.4, -0.2) is 61.0 Å². The molecule has 6 heteroatoms. The number of carbonyl (C=O) groups excluding carboxylic acids is 2. The summed E-state index contributed by atoms with van der Waals surface area (Å²) < 4.78 is 5.05. The zero-order valence-electron chi connectivity index (χ0n) is 20.3. The summed E-state index contributed by atoms with van der Waals surface area (Å²) in [5, 5.41) is 2.08. The standard InChI is InChI=1S/C24H36N2O3S.C2H6/c1-29-15-5-9-23(27)25-13-10-19(11-14-25)22-16-20(17-30-22)24(28)26-12-4-7-18-6-2-3-8-21(18)26;1-2/h16-19,21H,2-15H2,1H3;1-2H3. The summed E-state index contributed by atoms with van der Waals surface area (Å²) in [6.45, 7) is 7.22. The van der Waals surface area contributed by atoms with Gasteiger partial charge in [0.1, 0.15) is 0 Å². The van der Waals surface area contributed by atoms with E-state index in [1.54, 1.807) is 18.4 Å². The van der Waals surface area contributed by atoms with Crippen molar-refractivity contribution in [3.05, 3.63) is 21.9 Å². The number of piperidine rings is 2. The molecule has 180 valence electrons. The smallest absolute Gasteiger partial charge is 0.254 e. The fraction of sp³-hybridized carbons (Fsp3) is 0.769. The van der Waals surface area contributed by atoms with Gasteiger partial charge in [-0.2, -0.15) is 0 Å². The Bertz CT molecular complexity index is 724. The molecule has 3 heterocycles. The zero-order valence-corrected chi connectivity index (χ0v) is 21.1. The Labute approximate surface area is 198 Å². The first-order chi connectivity index (χ1) is 15.7. The predicted octanol–water partition coefficient (Wildman–Crippen LogP) is 5.70. The van der Waals surface area contributed by atoms with E-state index < -0.39 is 0 Å². The number of likely N-dealkylation sites (tertiary alicyclic amines) is 2. The van der Waals surface area contributed by atoms with Crippen LogP contribution in [0.25, 0.3) is 0 Å². The quantitative estimate of drug-likeness (QED) is 0.509. The molecule has 4 rings (SSSR count). The van der Waals surface area contributed by atoms with Crippen molar-refractivity contribution in [2.24, 2.45) is 5.92 Å². The minimum atomic E-state index is 0.250. The lowest BCUT2D eigenvalue weighted by Gasteiger charge is -2.44. The van der Waals surface area contributed by atoms with Crippen LogP contribution in [0.1, 0.15) is 99.2 Å². The molecule has 0 spiro atoms. The van der Waals surface area contributed by atoms with Crippen LogP contribution in [0.4, 0.5) is 0 Å². The molecule has 2 saturated heterocycles. The lowest BCUT2D eigenvalue weighted by atomic mass is 9.78. The molecule has 5 nitrogen and oxygen atoms in total. The Morgan fingerprint density at radius 2 is 1.75 bits per heavy atom. The molecule has 2 atom stereocenters. The van der Waals surface area contributed by atoms with Crippen molar-refractivity contribution < 1.29 is 14.3 Å². The molecule has 1 aromatic rings. The lowest BCUT2D eigenvalue weighted by Crippen LogP contribution is -2.49. The molecule has 1 aliphatic carbocycles. The maximum atomic E-state index is 13.3. The highest BCUT2D eigenvalue weighted by molar-refractivity contribution is 7.10. The highest BCUT2D eigenvalue weighted by atomic mass is 32.1. The summed E-state index contributed by atoms with van der Waals surface area (Å²) in [6.07, 6.45) is 10.9. The SMILES string of the molecule is CC.COCCCC(=O)N1CCC(c2cc(C(=O)N3CCCC4CCCCC43)cs2)CC1. The van der Waals surface area contributed by atoms with Gasteiger partial charge in [0.25, 0.3) is 5.91 Å². The van der Waals surface area contributed by atoms with Gasteiger partial charge in [-0.1, -0.05) is 26.7 Å². The number of ether oxygens (including phenoxy) is 1. The van der Waals surface area contributed by atoms with E-state index in [1.807, 2.05) is 18.7 Å². The molecular weight excluding hydrogens is 420 g/mol. The van der Waals surface area contributed by atoms with E-state index in [0.29, 0.717) is 25.0 Å². The molecule has 32 heavy (non-hydrogen) atoms. The second kappa shape index (κ2) is 12.7. The number of fused-ring (bicyclic) bond motifs is 1. The van der Waals surface area contributed by atoms with E-state index in [9.17, 15) is 9.59 Å². The summed E-state index contributed by atoms with van der Waals surface area (Å²) >= 11 is 1.74. The number of rotatable bonds is 6. The average Bonchev–Trinajstić information content (AvgIpc) is 3.35. The molecule has 3 aliphatic rings. The largest absolute Gasteiger partial charge is 0.385 e.